The van der Waals surface area contributed by atoms with E-state index >= 15 is 0 Å². The molecule has 3 aliphatic rings. The zero-order valence-corrected chi connectivity index (χ0v) is 17.1. The maximum atomic E-state index is 13.2. The van der Waals surface area contributed by atoms with Gasteiger partial charge in [-0.2, -0.15) is 0 Å². The number of amides is 3. The molecule has 2 saturated heterocycles. The van der Waals surface area contributed by atoms with Crippen LogP contribution in [0.2, 0.25) is 0 Å². The van der Waals surface area contributed by atoms with Gasteiger partial charge in [-0.15, -0.1) is 0 Å². The number of fused-ring (bicyclic) bond motifs is 1. The van der Waals surface area contributed by atoms with Crippen LogP contribution in [0.3, 0.4) is 0 Å². The van der Waals surface area contributed by atoms with Gasteiger partial charge in [-0.05, 0) is 62.4 Å². The standard InChI is InChI=1S/C22H27N3O5/c1-22(8-4-18(26)23-21(22)30)25-13-16-3-2-15(12-17(16)20(25)29)14-5-9-24(10-6-14)11-7-19(27)28/h2-3,12,14H,4-11,13H2,1H3,(H,27,28)(H,23,26,30). The van der Waals surface area contributed by atoms with E-state index in [9.17, 15) is 19.2 Å². The maximum absolute atomic E-state index is 13.2. The van der Waals surface area contributed by atoms with E-state index < -0.39 is 17.4 Å². The van der Waals surface area contributed by atoms with Crippen molar-refractivity contribution < 1.29 is 24.3 Å². The molecule has 0 bridgehead atoms. The van der Waals surface area contributed by atoms with Crippen LogP contribution in [0.5, 0.6) is 0 Å². The van der Waals surface area contributed by atoms with E-state index in [1.807, 2.05) is 12.1 Å². The Morgan fingerprint density at radius 2 is 1.97 bits per heavy atom. The third-order valence-corrected chi connectivity index (χ3v) is 6.82. The lowest BCUT2D eigenvalue weighted by Gasteiger charge is -2.39. The maximum Gasteiger partial charge on any atom is 0.304 e. The largest absolute Gasteiger partial charge is 0.481 e. The third kappa shape index (κ3) is 3.71. The Balaban J connectivity index is 1.45. The number of piperidine rings is 2. The second-order valence-corrected chi connectivity index (χ2v) is 8.72. The number of nitrogens with one attached hydrogen (secondary N) is 1. The minimum Gasteiger partial charge on any atom is -0.481 e. The number of imide groups is 1. The van der Waals surface area contributed by atoms with Crippen LogP contribution < -0.4 is 5.32 Å². The number of benzene rings is 1. The van der Waals surface area contributed by atoms with Crippen molar-refractivity contribution in [3.05, 3.63) is 34.9 Å². The van der Waals surface area contributed by atoms with E-state index in [0.717, 1.165) is 37.1 Å². The first-order chi connectivity index (χ1) is 14.3. The molecule has 8 nitrogen and oxygen atoms in total. The van der Waals surface area contributed by atoms with Gasteiger partial charge in [-0.3, -0.25) is 24.5 Å². The van der Waals surface area contributed by atoms with E-state index in [0.29, 0.717) is 31.0 Å². The molecule has 0 aromatic heterocycles. The molecule has 1 aromatic carbocycles. The van der Waals surface area contributed by atoms with E-state index in [4.69, 9.17) is 5.11 Å². The molecule has 0 radical (unpaired) electrons. The molecule has 8 heteroatoms. The van der Waals surface area contributed by atoms with Crippen molar-refractivity contribution >= 4 is 23.7 Å². The SMILES string of the molecule is CC1(N2Cc3ccc(C4CCN(CCC(=O)O)CC4)cc3C2=O)CCC(=O)NC1=O. The van der Waals surface area contributed by atoms with Gasteiger partial charge in [0.25, 0.3) is 11.8 Å². The predicted octanol–water partition coefficient (Wildman–Crippen LogP) is 1.49. The van der Waals surface area contributed by atoms with Crippen molar-refractivity contribution in [3.63, 3.8) is 0 Å². The van der Waals surface area contributed by atoms with E-state index in [-0.39, 0.29) is 24.7 Å². The normalized spacial score (nSPS) is 25.4. The molecule has 3 aliphatic heterocycles. The molecule has 3 amide bonds. The van der Waals surface area contributed by atoms with Crippen LogP contribution in [-0.4, -0.2) is 63.8 Å². The summed E-state index contributed by atoms with van der Waals surface area (Å²) in [7, 11) is 0. The van der Waals surface area contributed by atoms with Crippen LogP contribution in [-0.2, 0) is 20.9 Å². The zero-order valence-electron chi connectivity index (χ0n) is 17.1. The molecule has 0 aliphatic carbocycles. The Hall–Kier alpha value is -2.74. The van der Waals surface area contributed by atoms with Crippen molar-refractivity contribution in [2.75, 3.05) is 19.6 Å². The van der Waals surface area contributed by atoms with Crippen LogP contribution in [0.4, 0.5) is 0 Å². The Morgan fingerprint density at radius 3 is 2.63 bits per heavy atom. The van der Waals surface area contributed by atoms with Gasteiger partial charge >= 0.3 is 5.97 Å². The van der Waals surface area contributed by atoms with Crippen LogP contribution >= 0.6 is 0 Å². The summed E-state index contributed by atoms with van der Waals surface area (Å²) < 4.78 is 0. The molecule has 30 heavy (non-hydrogen) atoms. The minimum atomic E-state index is -1.01. The molecule has 1 atom stereocenters. The number of nitrogens with zero attached hydrogens (tertiary/aromatic N) is 2. The lowest BCUT2D eigenvalue weighted by atomic mass is 9.87. The smallest absolute Gasteiger partial charge is 0.304 e. The number of hydrogen-bond donors (Lipinski definition) is 2. The number of carboxylic acid groups (broad SMARTS) is 1. The average Bonchev–Trinajstić information content (AvgIpc) is 3.06. The van der Waals surface area contributed by atoms with Gasteiger partial charge in [0, 0.05) is 25.1 Å². The molecule has 4 rings (SSSR count). The second kappa shape index (κ2) is 7.83. The molecule has 160 valence electrons. The molecular weight excluding hydrogens is 386 g/mol. The highest BCUT2D eigenvalue weighted by molar-refractivity contribution is 6.07. The summed E-state index contributed by atoms with van der Waals surface area (Å²) in [5.41, 5.74) is 1.66. The Bertz CT molecular complexity index is 906. The number of aliphatic carboxylic acids is 1. The van der Waals surface area contributed by atoms with Gasteiger partial charge in [-0.25, -0.2) is 0 Å². The fraction of sp³-hybridized carbons (Fsp3) is 0.545. The van der Waals surface area contributed by atoms with Crippen LogP contribution in [0.15, 0.2) is 18.2 Å². The highest BCUT2D eigenvalue weighted by atomic mass is 16.4. The molecule has 1 aromatic rings. The third-order valence-electron chi connectivity index (χ3n) is 6.82. The number of carbonyl (C=O) groups is 4. The Morgan fingerprint density at radius 1 is 1.23 bits per heavy atom. The first-order valence-corrected chi connectivity index (χ1v) is 10.5. The number of carbonyl (C=O) groups excluding carboxylic acids is 3. The molecule has 2 fully saturated rings. The van der Waals surface area contributed by atoms with Gasteiger partial charge in [-0.1, -0.05) is 12.1 Å². The number of hydrogen-bond acceptors (Lipinski definition) is 5. The fourth-order valence-corrected chi connectivity index (χ4v) is 4.77. The molecule has 0 spiro atoms. The summed E-state index contributed by atoms with van der Waals surface area (Å²) in [6, 6.07) is 6.01. The number of rotatable bonds is 5. The minimum absolute atomic E-state index is 0.155. The van der Waals surface area contributed by atoms with Crippen molar-refractivity contribution in [3.8, 4) is 0 Å². The Labute approximate surface area is 175 Å². The number of likely N-dealkylation sites (tertiary alicyclic amines) is 1. The van der Waals surface area contributed by atoms with Crippen LogP contribution in [0, 0.1) is 0 Å². The average molecular weight is 413 g/mol. The van der Waals surface area contributed by atoms with Crippen molar-refractivity contribution in [1.29, 1.82) is 0 Å². The zero-order chi connectivity index (χ0) is 21.5. The van der Waals surface area contributed by atoms with Gasteiger partial charge in [0.1, 0.15) is 5.54 Å². The van der Waals surface area contributed by atoms with Crippen molar-refractivity contribution in [2.45, 2.75) is 57.0 Å². The Kier molecular flexibility index (Phi) is 5.36. The number of carboxylic acids is 1. The first-order valence-electron chi connectivity index (χ1n) is 10.5. The van der Waals surface area contributed by atoms with Crippen LogP contribution in [0.25, 0.3) is 0 Å². The summed E-state index contributed by atoms with van der Waals surface area (Å²) in [4.78, 5) is 51.7. The van der Waals surface area contributed by atoms with Crippen molar-refractivity contribution in [1.82, 2.24) is 15.1 Å². The second-order valence-electron chi connectivity index (χ2n) is 8.72. The van der Waals surface area contributed by atoms with Crippen LogP contribution in [0.1, 0.15) is 66.4 Å². The lowest BCUT2D eigenvalue weighted by molar-refractivity contribution is -0.142. The van der Waals surface area contributed by atoms with Crippen molar-refractivity contribution in [2.24, 2.45) is 0 Å². The monoisotopic (exact) mass is 413 g/mol. The summed E-state index contributed by atoms with van der Waals surface area (Å²) in [6.45, 7) is 4.37. The topological polar surface area (TPSA) is 107 Å². The van der Waals surface area contributed by atoms with Gasteiger partial charge in [0.05, 0.1) is 6.42 Å². The predicted molar refractivity (Wildman–Crippen MR) is 108 cm³/mol. The molecular formula is C22H27N3O5. The van der Waals surface area contributed by atoms with E-state index in [2.05, 4.69) is 16.3 Å². The molecule has 2 N–H and O–H groups in total. The lowest BCUT2D eigenvalue weighted by Crippen LogP contribution is -2.61. The highest BCUT2D eigenvalue weighted by Crippen LogP contribution is 2.36. The van der Waals surface area contributed by atoms with Gasteiger partial charge in [0.15, 0.2) is 0 Å². The molecule has 3 heterocycles. The summed E-state index contributed by atoms with van der Waals surface area (Å²) in [5.74, 6) is -1.29. The fourth-order valence-electron chi connectivity index (χ4n) is 4.77. The molecule has 1 unspecified atom stereocenters. The summed E-state index contributed by atoms with van der Waals surface area (Å²) in [5, 5.41) is 11.2. The van der Waals surface area contributed by atoms with Gasteiger partial charge in [0.2, 0.25) is 5.91 Å². The molecule has 0 saturated carbocycles. The van der Waals surface area contributed by atoms with Gasteiger partial charge < -0.3 is 14.9 Å². The highest BCUT2D eigenvalue weighted by Gasteiger charge is 2.48. The van der Waals surface area contributed by atoms with E-state index in [1.165, 1.54) is 0 Å². The summed E-state index contributed by atoms with van der Waals surface area (Å²) in [6.07, 6.45) is 2.58. The summed E-state index contributed by atoms with van der Waals surface area (Å²) >= 11 is 0. The first kappa shape index (κ1) is 20.5. The quantitative estimate of drug-likeness (QED) is 0.709. The van der Waals surface area contributed by atoms with E-state index in [1.54, 1.807) is 11.8 Å².